The van der Waals surface area contributed by atoms with Crippen molar-refractivity contribution in [1.82, 2.24) is 20.5 Å². The Morgan fingerprint density at radius 2 is 2.08 bits per heavy atom. The number of hydrogen-bond acceptors (Lipinski definition) is 5. The molecule has 2 saturated heterocycles. The van der Waals surface area contributed by atoms with E-state index in [2.05, 4.69) is 20.4 Å². The summed E-state index contributed by atoms with van der Waals surface area (Å²) < 4.78 is 30.2. The van der Waals surface area contributed by atoms with Crippen LogP contribution in [0.3, 0.4) is 0 Å². The molecule has 3 amide bonds. The van der Waals surface area contributed by atoms with E-state index in [-0.39, 0.29) is 41.5 Å². The summed E-state index contributed by atoms with van der Waals surface area (Å²) in [6.45, 7) is -2.06. The molecule has 2 aromatic rings. The highest BCUT2D eigenvalue weighted by Crippen LogP contribution is 2.43. The van der Waals surface area contributed by atoms with Crippen LogP contribution < -0.4 is 15.4 Å². The van der Waals surface area contributed by atoms with Crippen LogP contribution in [0.15, 0.2) is 24.3 Å². The number of H-pyrrole nitrogens is 1. The minimum Gasteiger partial charge on any atom is -0.434 e. The highest BCUT2D eigenvalue weighted by atomic mass is 19.3. The quantitative estimate of drug-likeness (QED) is 0.478. The van der Waals surface area contributed by atoms with E-state index in [9.17, 15) is 28.0 Å². The molecule has 0 bridgehead atoms. The zero-order valence-corrected chi connectivity index (χ0v) is 19.5. The van der Waals surface area contributed by atoms with Gasteiger partial charge in [-0.15, -0.1) is 0 Å². The van der Waals surface area contributed by atoms with Crippen molar-refractivity contribution in [2.45, 2.75) is 50.8 Å². The molecule has 11 heteroatoms. The number of amides is 3. The predicted octanol–water partition coefficient (Wildman–Crippen LogP) is 2.22. The number of nitrogens with zero attached hydrogens (tertiary/aromatic N) is 1. The zero-order valence-electron chi connectivity index (χ0n) is 19.5. The number of rotatable bonds is 8. The third kappa shape index (κ3) is 4.54. The molecular weight excluding hydrogens is 474 g/mol. The van der Waals surface area contributed by atoms with Gasteiger partial charge in [0.2, 0.25) is 11.8 Å². The van der Waals surface area contributed by atoms with E-state index in [1.807, 2.05) is 0 Å². The van der Waals surface area contributed by atoms with Gasteiger partial charge in [0.05, 0.1) is 6.04 Å². The minimum atomic E-state index is -3.00. The van der Waals surface area contributed by atoms with E-state index in [0.717, 1.165) is 19.3 Å². The summed E-state index contributed by atoms with van der Waals surface area (Å²) >= 11 is 0. The summed E-state index contributed by atoms with van der Waals surface area (Å²) in [6, 6.07) is 4.48. The van der Waals surface area contributed by atoms with E-state index < -0.39 is 30.5 Å². The molecule has 0 radical (unpaired) electrons. The molecule has 36 heavy (non-hydrogen) atoms. The first-order valence-electron chi connectivity index (χ1n) is 12.3. The number of hydrogen-bond donors (Lipinski definition) is 3. The second kappa shape index (κ2) is 9.87. The second-order valence-corrected chi connectivity index (χ2v) is 9.80. The van der Waals surface area contributed by atoms with Crippen LogP contribution in [0.25, 0.3) is 10.9 Å². The summed E-state index contributed by atoms with van der Waals surface area (Å²) in [6.07, 6.45) is 4.11. The van der Waals surface area contributed by atoms with Crippen molar-refractivity contribution in [2.75, 3.05) is 13.1 Å². The first-order chi connectivity index (χ1) is 17.4. The van der Waals surface area contributed by atoms with Crippen LogP contribution in [-0.4, -0.2) is 65.7 Å². The Kier molecular flexibility index (Phi) is 6.63. The molecular formula is C25H28F2N4O5. The summed E-state index contributed by atoms with van der Waals surface area (Å²) in [5.41, 5.74) is 0.635. The van der Waals surface area contributed by atoms with Crippen molar-refractivity contribution in [3.63, 3.8) is 0 Å². The van der Waals surface area contributed by atoms with Gasteiger partial charge in [-0.3, -0.25) is 14.4 Å². The van der Waals surface area contributed by atoms with Crippen molar-refractivity contribution < 1.29 is 32.7 Å². The van der Waals surface area contributed by atoms with Gasteiger partial charge < -0.3 is 30.0 Å². The largest absolute Gasteiger partial charge is 0.434 e. The molecule has 3 fully saturated rings. The number of aromatic nitrogens is 1. The number of halogens is 2. The van der Waals surface area contributed by atoms with Gasteiger partial charge in [-0.1, -0.05) is 12.5 Å². The van der Waals surface area contributed by atoms with E-state index in [1.54, 1.807) is 12.1 Å². The maximum atomic E-state index is 13.6. The van der Waals surface area contributed by atoms with Crippen LogP contribution in [0.5, 0.6) is 5.75 Å². The van der Waals surface area contributed by atoms with Crippen molar-refractivity contribution in [1.29, 1.82) is 0 Å². The van der Waals surface area contributed by atoms with Gasteiger partial charge in [0.1, 0.15) is 23.8 Å². The van der Waals surface area contributed by atoms with Crippen LogP contribution in [-0.2, 0) is 14.4 Å². The average molecular weight is 503 g/mol. The molecule has 1 aliphatic carbocycles. The molecule has 3 aliphatic rings. The molecule has 5 atom stereocenters. The minimum absolute atomic E-state index is 0.0295. The lowest BCUT2D eigenvalue weighted by molar-refractivity contribution is -0.129. The van der Waals surface area contributed by atoms with Crippen LogP contribution in [0.2, 0.25) is 0 Å². The fourth-order valence-corrected chi connectivity index (χ4v) is 6.04. The lowest BCUT2D eigenvalue weighted by atomic mass is 9.92. The zero-order chi connectivity index (χ0) is 25.4. The Bertz CT molecular complexity index is 1180. The van der Waals surface area contributed by atoms with Crippen LogP contribution in [0, 0.1) is 17.8 Å². The molecule has 3 unspecified atom stereocenters. The Hall–Kier alpha value is -3.50. The number of aromatic amines is 1. The van der Waals surface area contributed by atoms with Gasteiger partial charge in [-0.2, -0.15) is 8.78 Å². The lowest BCUT2D eigenvalue weighted by Crippen LogP contribution is -2.52. The Morgan fingerprint density at radius 3 is 2.81 bits per heavy atom. The van der Waals surface area contributed by atoms with Gasteiger partial charge in [-0.05, 0) is 55.7 Å². The van der Waals surface area contributed by atoms with E-state index >= 15 is 0 Å². The van der Waals surface area contributed by atoms with Gasteiger partial charge >= 0.3 is 6.61 Å². The fraction of sp³-hybridized carbons (Fsp3) is 0.520. The number of benzene rings is 1. The van der Waals surface area contributed by atoms with Gasteiger partial charge in [-0.25, -0.2) is 0 Å². The molecule has 3 N–H and O–H groups in total. The van der Waals surface area contributed by atoms with E-state index in [4.69, 9.17) is 0 Å². The Morgan fingerprint density at radius 1 is 1.25 bits per heavy atom. The van der Waals surface area contributed by atoms with Crippen LogP contribution >= 0.6 is 0 Å². The van der Waals surface area contributed by atoms with Crippen molar-refractivity contribution in [2.24, 2.45) is 17.8 Å². The Labute approximate surface area is 205 Å². The third-order valence-corrected chi connectivity index (χ3v) is 7.68. The van der Waals surface area contributed by atoms with Gasteiger partial charge in [0.15, 0.2) is 0 Å². The molecule has 192 valence electrons. The normalized spacial score (nSPS) is 26.2. The van der Waals surface area contributed by atoms with Crippen molar-refractivity contribution >= 4 is 34.9 Å². The number of fused-ring (bicyclic) bond motifs is 2. The molecule has 1 saturated carbocycles. The number of likely N-dealkylation sites (tertiary alicyclic amines) is 1. The summed E-state index contributed by atoms with van der Waals surface area (Å²) in [5.74, 6) is -1.20. The Balaban J connectivity index is 1.37. The summed E-state index contributed by atoms with van der Waals surface area (Å²) in [7, 11) is 0. The lowest BCUT2D eigenvalue weighted by Gasteiger charge is -2.28. The molecule has 9 nitrogen and oxygen atoms in total. The molecule has 3 heterocycles. The van der Waals surface area contributed by atoms with E-state index in [0.29, 0.717) is 36.7 Å². The number of alkyl halides is 2. The molecule has 1 aromatic heterocycles. The fourth-order valence-electron chi connectivity index (χ4n) is 6.04. The van der Waals surface area contributed by atoms with Crippen LogP contribution in [0.1, 0.15) is 42.6 Å². The van der Waals surface area contributed by atoms with Crippen LogP contribution in [0.4, 0.5) is 8.78 Å². The molecule has 0 spiro atoms. The molecule has 2 aliphatic heterocycles. The standard InChI is InChI=1S/C25H28F2N4O5/c26-25(27)36-20-6-2-5-18-17(20)10-19(30-18)24(35)31-11-14-3-1-4-16(14)21(31)23(34)29-15(12-32)9-13-7-8-28-22(13)33/h2,5-6,10,12-16,21,25,30H,1,3-4,7-9,11H2,(H,28,33)(H,29,34)/t13-,14?,15?,16?,21-/m0/s1. The average Bonchev–Trinajstić information content (AvgIpc) is 3.61. The first-order valence-corrected chi connectivity index (χ1v) is 12.3. The maximum Gasteiger partial charge on any atom is 0.387 e. The third-order valence-electron chi connectivity index (χ3n) is 7.68. The first kappa shape index (κ1) is 24.2. The summed E-state index contributed by atoms with van der Waals surface area (Å²) in [5, 5.41) is 5.84. The SMILES string of the molecule is O=CC(C[C@@H]1CCNC1=O)NC(=O)[C@@H]1C2CCCC2CN1C(=O)c1cc2c(OC(F)F)cccc2[nH]1. The smallest absolute Gasteiger partial charge is 0.387 e. The van der Waals surface area contributed by atoms with Gasteiger partial charge in [0.25, 0.3) is 5.91 Å². The topological polar surface area (TPSA) is 121 Å². The predicted molar refractivity (Wildman–Crippen MR) is 124 cm³/mol. The van der Waals surface area contributed by atoms with Crippen molar-refractivity contribution in [3.8, 4) is 5.75 Å². The number of carbonyl (C=O) groups excluding carboxylic acids is 4. The number of ether oxygens (including phenoxy) is 1. The number of nitrogens with one attached hydrogen (secondary N) is 3. The van der Waals surface area contributed by atoms with E-state index in [1.165, 1.54) is 17.0 Å². The summed E-state index contributed by atoms with van der Waals surface area (Å²) in [4.78, 5) is 55.1. The number of aldehydes is 1. The highest BCUT2D eigenvalue weighted by Gasteiger charge is 2.50. The molecule has 1 aromatic carbocycles. The monoisotopic (exact) mass is 502 g/mol. The highest BCUT2D eigenvalue weighted by molar-refractivity contribution is 6.02. The second-order valence-electron chi connectivity index (χ2n) is 9.80. The maximum absolute atomic E-state index is 13.6. The van der Waals surface area contributed by atoms with Gasteiger partial charge in [0, 0.05) is 29.9 Å². The number of carbonyl (C=O) groups is 4. The molecule has 5 rings (SSSR count). The van der Waals surface area contributed by atoms with Crippen molar-refractivity contribution in [3.05, 3.63) is 30.0 Å².